The number of hydrogen-bond acceptors (Lipinski definition) is 4. The van der Waals surface area contributed by atoms with Crippen molar-refractivity contribution in [2.24, 2.45) is 0 Å². The van der Waals surface area contributed by atoms with E-state index in [4.69, 9.17) is 14.2 Å². The molecular weight excluding hydrogens is 342 g/mol. The molecule has 140 valence electrons. The Balaban J connectivity index is 1.63. The predicted molar refractivity (Wildman–Crippen MR) is 105 cm³/mol. The summed E-state index contributed by atoms with van der Waals surface area (Å²) in [5, 5.41) is 3.01. The summed E-state index contributed by atoms with van der Waals surface area (Å²) in [7, 11) is 1.61. The highest BCUT2D eigenvalue weighted by atomic mass is 16.5. The molecule has 1 amide bonds. The Kier molecular flexibility index (Phi) is 4.10. The van der Waals surface area contributed by atoms with Gasteiger partial charge in [0.05, 0.1) is 7.11 Å². The summed E-state index contributed by atoms with van der Waals surface area (Å²) < 4.78 is 17.1. The van der Waals surface area contributed by atoms with E-state index in [1.807, 2.05) is 51.1 Å². The highest BCUT2D eigenvalue weighted by molar-refractivity contribution is 6.26. The average Bonchev–Trinajstić information content (AvgIpc) is 2.94. The summed E-state index contributed by atoms with van der Waals surface area (Å²) in [4.78, 5) is 13.0. The van der Waals surface area contributed by atoms with Gasteiger partial charge < -0.3 is 19.5 Å². The number of amides is 1. The van der Waals surface area contributed by atoms with Crippen molar-refractivity contribution in [1.29, 1.82) is 0 Å². The summed E-state index contributed by atoms with van der Waals surface area (Å²) in [5.41, 5.74) is 3.96. The number of fused-ring (bicyclic) bond motifs is 2. The minimum absolute atomic E-state index is 0.162. The van der Waals surface area contributed by atoms with Crippen LogP contribution >= 0.6 is 0 Å². The first kappa shape index (κ1) is 17.5. The van der Waals surface area contributed by atoms with Crippen molar-refractivity contribution in [2.75, 3.05) is 19.0 Å². The second kappa shape index (κ2) is 6.34. The van der Waals surface area contributed by atoms with Gasteiger partial charge in [0, 0.05) is 34.9 Å². The van der Waals surface area contributed by atoms with E-state index in [0.717, 1.165) is 34.6 Å². The average molecular weight is 365 g/mol. The van der Waals surface area contributed by atoms with Crippen LogP contribution in [0.1, 0.15) is 30.5 Å². The number of ether oxygens (including phenoxy) is 3. The SMILES string of the molecule is COc1cc(NC(=O)C2=CCOc3ccc(C)cc32)cc2c1OC(C)(C)C2. The molecule has 27 heavy (non-hydrogen) atoms. The molecule has 5 heteroatoms. The lowest BCUT2D eigenvalue weighted by atomic mass is 9.99. The van der Waals surface area contributed by atoms with Crippen molar-refractivity contribution < 1.29 is 19.0 Å². The fourth-order valence-electron chi connectivity index (χ4n) is 3.62. The Hall–Kier alpha value is -2.95. The van der Waals surface area contributed by atoms with E-state index < -0.39 is 0 Å². The Labute approximate surface area is 158 Å². The quantitative estimate of drug-likeness (QED) is 0.888. The van der Waals surface area contributed by atoms with Gasteiger partial charge in [0.25, 0.3) is 5.91 Å². The minimum atomic E-state index is -0.280. The van der Waals surface area contributed by atoms with Gasteiger partial charge >= 0.3 is 0 Å². The van der Waals surface area contributed by atoms with Gasteiger partial charge in [-0.15, -0.1) is 0 Å². The van der Waals surface area contributed by atoms with Crippen LogP contribution in [0.5, 0.6) is 17.2 Å². The van der Waals surface area contributed by atoms with E-state index in [1.165, 1.54) is 0 Å². The number of hydrogen-bond donors (Lipinski definition) is 1. The fourth-order valence-corrected chi connectivity index (χ4v) is 3.62. The van der Waals surface area contributed by atoms with Crippen LogP contribution < -0.4 is 19.5 Å². The molecule has 0 radical (unpaired) electrons. The van der Waals surface area contributed by atoms with Crippen LogP contribution in [0, 0.1) is 6.92 Å². The van der Waals surface area contributed by atoms with Crippen LogP contribution in [-0.2, 0) is 11.2 Å². The summed E-state index contributed by atoms with van der Waals surface area (Å²) in [6, 6.07) is 9.62. The molecule has 2 aromatic carbocycles. The molecule has 0 fully saturated rings. The standard InChI is InChI=1S/C22H23NO4/c1-13-5-6-18-17(9-13)16(7-8-26-18)21(24)23-15-10-14-12-22(2,3)27-20(14)19(11-15)25-4/h5-7,9-11H,8,12H2,1-4H3,(H,23,24). The van der Waals surface area contributed by atoms with Crippen molar-refractivity contribution in [3.05, 3.63) is 53.1 Å². The fraction of sp³-hybridized carbons (Fsp3) is 0.318. The van der Waals surface area contributed by atoms with Gasteiger partial charge in [-0.3, -0.25) is 4.79 Å². The van der Waals surface area contributed by atoms with Crippen LogP contribution in [0.25, 0.3) is 5.57 Å². The second-order valence-electron chi connectivity index (χ2n) is 7.59. The van der Waals surface area contributed by atoms with Crippen molar-refractivity contribution in [3.63, 3.8) is 0 Å². The molecule has 0 saturated carbocycles. The van der Waals surface area contributed by atoms with Crippen LogP contribution in [-0.4, -0.2) is 25.2 Å². The van der Waals surface area contributed by atoms with Crippen LogP contribution in [0.15, 0.2) is 36.4 Å². The summed E-state index contributed by atoms with van der Waals surface area (Å²) >= 11 is 0. The number of rotatable bonds is 3. The van der Waals surface area contributed by atoms with Gasteiger partial charge in [-0.2, -0.15) is 0 Å². The van der Waals surface area contributed by atoms with Crippen molar-refractivity contribution in [2.45, 2.75) is 32.8 Å². The number of aryl methyl sites for hydroxylation is 1. The third-order valence-electron chi connectivity index (χ3n) is 4.80. The lowest BCUT2D eigenvalue weighted by Crippen LogP contribution is -2.24. The van der Waals surface area contributed by atoms with Crippen molar-refractivity contribution >= 4 is 17.2 Å². The monoisotopic (exact) mass is 365 g/mol. The summed E-state index contributed by atoms with van der Waals surface area (Å²) in [5.74, 6) is 1.96. The molecule has 2 aromatic rings. The molecule has 0 unspecified atom stereocenters. The lowest BCUT2D eigenvalue weighted by Gasteiger charge is -2.19. The molecule has 0 aliphatic carbocycles. The third-order valence-corrected chi connectivity index (χ3v) is 4.80. The summed E-state index contributed by atoms with van der Waals surface area (Å²) in [6.07, 6.45) is 2.58. The van der Waals surface area contributed by atoms with E-state index in [-0.39, 0.29) is 11.5 Å². The van der Waals surface area contributed by atoms with E-state index in [0.29, 0.717) is 23.6 Å². The topological polar surface area (TPSA) is 56.8 Å². The number of methoxy groups -OCH3 is 1. The highest BCUT2D eigenvalue weighted by Crippen LogP contribution is 2.44. The molecule has 4 rings (SSSR count). The molecule has 1 N–H and O–H groups in total. The minimum Gasteiger partial charge on any atom is -0.493 e. The zero-order chi connectivity index (χ0) is 19.2. The van der Waals surface area contributed by atoms with Crippen LogP contribution in [0.2, 0.25) is 0 Å². The largest absolute Gasteiger partial charge is 0.493 e. The maximum absolute atomic E-state index is 13.0. The molecule has 0 spiro atoms. The van der Waals surface area contributed by atoms with Gasteiger partial charge in [0.2, 0.25) is 0 Å². The van der Waals surface area contributed by atoms with E-state index in [1.54, 1.807) is 13.2 Å². The maximum Gasteiger partial charge on any atom is 0.256 e. The second-order valence-corrected chi connectivity index (χ2v) is 7.59. The van der Waals surface area contributed by atoms with Crippen LogP contribution in [0.3, 0.4) is 0 Å². The van der Waals surface area contributed by atoms with Crippen LogP contribution in [0.4, 0.5) is 5.69 Å². The highest BCUT2D eigenvalue weighted by Gasteiger charge is 2.33. The Morgan fingerprint density at radius 3 is 2.81 bits per heavy atom. The molecule has 5 nitrogen and oxygen atoms in total. The van der Waals surface area contributed by atoms with Gasteiger partial charge in [-0.05, 0) is 45.0 Å². The molecule has 2 aliphatic heterocycles. The van der Waals surface area contributed by atoms with E-state index in [9.17, 15) is 4.79 Å². The number of nitrogens with one attached hydrogen (secondary N) is 1. The molecule has 0 bridgehead atoms. The van der Waals surface area contributed by atoms with Crippen molar-refractivity contribution in [1.82, 2.24) is 0 Å². The molecule has 2 aliphatic rings. The Morgan fingerprint density at radius 1 is 1.22 bits per heavy atom. The van der Waals surface area contributed by atoms with E-state index >= 15 is 0 Å². The number of carbonyl (C=O) groups is 1. The first-order chi connectivity index (χ1) is 12.9. The first-order valence-electron chi connectivity index (χ1n) is 9.01. The summed E-state index contributed by atoms with van der Waals surface area (Å²) in [6.45, 7) is 6.46. The third kappa shape index (κ3) is 3.25. The number of benzene rings is 2. The molecular formula is C22H23NO4. The molecule has 0 saturated heterocycles. The molecule has 0 aromatic heterocycles. The molecule has 2 heterocycles. The smallest absolute Gasteiger partial charge is 0.256 e. The molecule has 0 atom stereocenters. The van der Waals surface area contributed by atoms with Gasteiger partial charge in [0.15, 0.2) is 11.5 Å². The van der Waals surface area contributed by atoms with Crippen molar-refractivity contribution in [3.8, 4) is 17.2 Å². The first-order valence-corrected chi connectivity index (χ1v) is 9.01. The Morgan fingerprint density at radius 2 is 2.04 bits per heavy atom. The number of carbonyl (C=O) groups excluding carboxylic acids is 1. The zero-order valence-electron chi connectivity index (χ0n) is 16.0. The normalized spacial score (nSPS) is 16.4. The lowest BCUT2D eigenvalue weighted by molar-refractivity contribution is -0.111. The van der Waals surface area contributed by atoms with Gasteiger partial charge in [-0.1, -0.05) is 11.6 Å². The number of anilines is 1. The van der Waals surface area contributed by atoms with Gasteiger partial charge in [-0.25, -0.2) is 0 Å². The predicted octanol–water partition coefficient (Wildman–Crippen LogP) is 4.13. The Bertz CT molecular complexity index is 959. The maximum atomic E-state index is 13.0. The van der Waals surface area contributed by atoms with Gasteiger partial charge in [0.1, 0.15) is 18.0 Å². The zero-order valence-corrected chi connectivity index (χ0v) is 16.0. The van der Waals surface area contributed by atoms with E-state index in [2.05, 4.69) is 5.32 Å².